The highest BCUT2D eigenvalue weighted by molar-refractivity contribution is 7.86. The molecule has 0 aromatic heterocycles. The molecule has 0 fully saturated rings. The van der Waals surface area contributed by atoms with Crippen LogP contribution in [0.2, 0.25) is 0 Å². The van der Waals surface area contributed by atoms with Gasteiger partial charge in [0.2, 0.25) is 5.36 Å². The predicted octanol–water partition coefficient (Wildman–Crippen LogP) is 4.62. The van der Waals surface area contributed by atoms with Crippen molar-refractivity contribution in [2.45, 2.75) is 88.4 Å². The first-order valence-electron chi connectivity index (χ1n) is 21.1. The topological polar surface area (TPSA) is 256 Å². The second-order valence-corrected chi connectivity index (χ2v) is 21.3. The molecule has 0 bridgehead atoms. The Bertz CT molecular complexity index is 2510. The third-order valence-corrected chi connectivity index (χ3v) is 13.3. The van der Waals surface area contributed by atoms with Gasteiger partial charge in [-0.3, -0.25) is 4.79 Å². The van der Waals surface area contributed by atoms with Gasteiger partial charge in [-0.2, -0.15) is 0 Å². The number of benzene rings is 2. The average Bonchev–Trinajstić information content (AvgIpc) is 3.41. The van der Waals surface area contributed by atoms with Crippen molar-refractivity contribution < 1.29 is 67.4 Å². The van der Waals surface area contributed by atoms with Crippen LogP contribution in [0.15, 0.2) is 69.6 Å². The number of hydrogen-bond donors (Lipinski definition) is 1. The lowest BCUT2D eigenvalue weighted by molar-refractivity contribution is -0.137. The quantitative estimate of drug-likeness (QED) is 0.0654. The zero-order chi connectivity index (χ0) is 47.3. The van der Waals surface area contributed by atoms with Gasteiger partial charge < -0.3 is 42.3 Å². The van der Waals surface area contributed by atoms with Gasteiger partial charge in [0.1, 0.15) is 34.8 Å². The van der Waals surface area contributed by atoms with Crippen molar-refractivity contribution in [3.05, 3.63) is 82.6 Å². The maximum absolute atomic E-state index is 12.2. The number of nitrogens with zero attached hydrogens (tertiary/aromatic N) is 2. The number of carboxylic acids is 1. The minimum atomic E-state index is -4.87. The number of rotatable bonds is 26. The number of anilines is 1. The number of methoxy groups -OCH3 is 1. The lowest BCUT2D eigenvalue weighted by Crippen LogP contribution is -2.35. The minimum Gasteiger partial charge on any atom is -0.748 e. The van der Waals surface area contributed by atoms with Gasteiger partial charge in [-0.15, -0.1) is 0 Å². The van der Waals surface area contributed by atoms with Crippen LogP contribution in [0.25, 0.3) is 17.4 Å². The maximum Gasteiger partial charge on any atom is 0.303 e. The molecule has 0 radical (unpaired) electrons. The zero-order valence-corrected chi connectivity index (χ0v) is 39.5. The van der Waals surface area contributed by atoms with Crippen LogP contribution < -0.4 is 14.8 Å². The second-order valence-electron chi connectivity index (χ2n) is 16.9. The number of unbranched alkanes of at least 4 members (excludes halogenated alkanes) is 2. The highest BCUT2D eigenvalue weighted by Crippen LogP contribution is 2.51. The smallest absolute Gasteiger partial charge is 0.303 e. The zero-order valence-electron chi connectivity index (χ0n) is 37.1. The van der Waals surface area contributed by atoms with Gasteiger partial charge in [0, 0.05) is 66.4 Å². The lowest BCUT2D eigenvalue weighted by Gasteiger charge is -2.31. The molecule has 0 saturated carbocycles. The summed E-state index contributed by atoms with van der Waals surface area (Å²) in [5.41, 5.74) is 2.07. The largest absolute Gasteiger partial charge is 0.748 e. The summed E-state index contributed by atoms with van der Waals surface area (Å²) in [4.78, 5) is 12.7. The molecule has 2 aliphatic heterocycles. The van der Waals surface area contributed by atoms with Crippen LogP contribution >= 0.6 is 0 Å². The summed E-state index contributed by atoms with van der Waals surface area (Å²) >= 11 is 0. The first kappa shape index (κ1) is 52.6. The summed E-state index contributed by atoms with van der Waals surface area (Å²) in [6, 6.07) is 11.7. The van der Waals surface area contributed by atoms with E-state index in [1.165, 1.54) is 18.2 Å². The average molecular weight is 953 g/mol. The predicted molar refractivity (Wildman–Crippen MR) is 238 cm³/mol. The first-order chi connectivity index (χ1) is 29.9. The van der Waals surface area contributed by atoms with Crippen molar-refractivity contribution in [1.82, 2.24) is 4.58 Å². The summed E-state index contributed by atoms with van der Waals surface area (Å²) in [7, 11) is -12.3. The number of fused-ring (bicyclic) bond motifs is 2. The van der Waals surface area contributed by atoms with Crippen LogP contribution in [0.3, 0.4) is 0 Å². The van der Waals surface area contributed by atoms with Gasteiger partial charge in [0.05, 0.1) is 57.6 Å². The van der Waals surface area contributed by atoms with Gasteiger partial charge in [-0.1, -0.05) is 33.3 Å². The molecule has 2 heterocycles. The van der Waals surface area contributed by atoms with Crippen LogP contribution in [-0.4, -0.2) is 121 Å². The molecule has 1 unspecified atom stereocenters. The standard InChI is InChI=1S/C44H62N2O15S3/c1-43(2,3)37-31-34(61-40-30-33(15-17-36(37)40)45(20-11-29-63(52,53)54)22-23-59-26-27-60-25-24-58-5)12-9-13-41-44(4,19-10-28-62(49,50)51)38-32-35(64(55,56)57)16-18-39(38)46(41)21-8-6-7-14-42(47)48/h9,12-13,15-18,30-32H,6-8,10-11,14,19-29H2,1-5H3,(H3-,47,48,49,50,51,52,53,54,55,56,57)/p-2. The third-order valence-electron chi connectivity index (χ3n) is 10.9. The lowest BCUT2D eigenvalue weighted by atomic mass is 9.77. The van der Waals surface area contributed by atoms with E-state index in [2.05, 4.69) is 20.8 Å². The molecule has 0 amide bonds. The van der Waals surface area contributed by atoms with Crippen molar-refractivity contribution in [2.24, 2.45) is 0 Å². The number of aliphatic carboxylic acids is 1. The van der Waals surface area contributed by atoms with Crippen LogP contribution in [-0.2, 0) is 60.2 Å². The molecule has 0 saturated heterocycles. The Kier molecular flexibility index (Phi) is 18.9. The number of allylic oxidation sites excluding steroid dienone is 3. The summed E-state index contributed by atoms with van der Waals surface area (Å²) < 4.78 is 131. The minimum absolute atomic E-state index is 0.00844. The van der Waals surface area contributed by atoms with Gasteiger partial charge in [0.15, 0.2) is 6.54 Å². The molecule has 17 nitrogen and oxygen atoms in total. The van der Waals surface area contributed by atoms with E-state index in [1.807, 2.05) is 33.7 Å². The molecule has 1 atom stereocenters. The normalized spacial score (nSPS) is 17.2. The Balaban J connectivity index is 1.81. The van der Waals surface area contributed by atoms with E-state index in [0.717, 1.165) is 11.1 Å². The molecular formula is C44H60N2O15S3-2. The number of hydrogen-bond acceptors (Lipinski definition) is 15. The Hall–Kier alpha value is -3.99. The molecule has 4 rings (SSSR count). The van der Waals surface area contributed by atoms with E-state index in [1.54, 1.807) is 32.3 Å². The number of carbonyl (C=O) groups is 1. The highest BCUT2D eigenvalue weighted by atomic mass is 32.2. The molecule has 356 valence electrons. The van der Waals surface area contributed by atoms with Gasteiger partial charge >= 0.3 is 5.97 Å². The van der Waals surface area contributed by atoms with Crippen molar-refractivity contribution in [3.8, 4) is 11.3 Å². The molecule has 64 heavy (non-hydrogen) atoms. The van der Waals surface area contributed by atoms with Crippen molar-refractivity contribution in [1.29, 1.82) is 0 Å². The van der Waals surface area contributed by atoms with Crippen LogP contribution in [0, 0.1) is 0 Å². The summed E-state index contributed by atoms with van der Waals surface area (Å²) in [5.74, 6) is -1.12. The number of ether oxygens (including phenoxy) is 3. The Morgan fingerprint density at radius 3 is 2.16 bits per heavy atom. The maximum atomic E-state index is 12.2. The first-order valence-corrected chi connectivity index (χ1v) is 25.7. The number of carboxylic acid groups (broad SMARTS) is 1. The summed E-state index contributed by atoms with van der Waals surface area (Å²) in [6.45, 7) is 10.9. The van der Waals surface area contributed by atoms with E-state index in [9.17, 15) is 43.7 Å². The van der Waals surface area contributed by atoms with Gasteiger partial charge in [-0.05, 0) is 91.6 Å². The van der Waals surface area contributed by atoms with Gasteiger partial charge in [0.25, 0.3) is 0 Å². The van der Waals surface area contributed by atoms with Crippen LogP contribution in [0.5, 0.6) is 0 Å². The molecular weight excluding hydrogens is 893 g/mol. The third kappa shape index (κ3) is 15.9. The van der Waals surface area contributed by atoms with E-state index in [4.69, 9.17) is 23.7 Å². The molecule has 0 spiro atoms. The van der Waals surface area contributed by atoms with Crippen molar-refractivity contribution in [3.63, 3.8) is 0 Å². The summed E-state index contributed by atoms with van der Waals surface area (Å²) in [5, 5.41) is 9.87. The molecule has 1 aromatic carbocycles. The molecule has 1 aliphatic carbocycles. The fourth-order valence-electron chi connectivity index (χ4n) is 7.79. The molecule has 3 aliphatic rings. The SMILES string of the molecule is COCCOCCOCC[N+](CCCS(=O)(=O)[O-])=c1ccc2c(C(C)(C)C)cc(/C=C/C=C3/N(CCCCCC(=O)O)c4ccc(S(=O)(=O)[O-])cc4C3(C)CCCS(=O)(=O)[O-])oc-2c1. The summed E-state index contributed by atoms with van der Waals surface area (Å²) in [6.07, 6.45) is 6.99. The fraction of sp³-hybridized carbons (Fsp3) is 0.545. The van der Waals surface area contributed by atoms with Crippen LogP contribution in [0.1, 0.15) is 89.5 Å². The molecule has 1 N–H and O–H groups in total. The van der Waals surface area contributed by atoms with E-state index < -0.39 is 58.1 Å². The van der Waals surface area contributed by atoms with Crippen molar-refractivity contribution in [2.75, 3.05) is 76.2 Å². The Labute approximate surface area is 377 Å². The molecule has 1 aromatic rings. The van der Waals surface area contributed by atoms with Crippen molar-refractivity contribution >= 4 is 48.1 Å². The monoisotopic (exact) mass is 952 g/mol. The Morgan fingerprint density at radius 1 is 0.844 bits per heavy atom. The Morgan fingerprint density at radius 2 is 1.52 bits per heavy atom. The van der Waals surface area contributed by atoms with E-state index >= 15 is 0 Å². The van der Waals surface area contributed by atoms with Gasteiger partial charge in [-0.25, -0.2) is 29.8 Å². The van der Waals surface area contributed by atoms with E-state index in [-0.39, 0.29) is 37.6 Å². The molecule has 20 heteroatoms. The highest BCUT2D eigenvalue weighted by Gasteiger charge is 2.43. The second kappa shape index (κ2) is 23.0. The van der Waals surface area contributed by atoms with E-state index in [0.29, 0.717) is 99.2 Å². The van der Waals surface area contributed by atoms with Crippen LogP contribution in [0.4, 0.5) is 5.69 Å². The fourth-order valence-corrected chi connectivity index (χ4v) is 9.26.